The molecule has 2 rings (SSSR count). The predicted octanol–water partition coefficient (Wildman–Crippen LogP) is 3.15. The second-order valence-electron chi connectivity index (χ2n) is 5.29. The van der Waals surface area contributed by atoms with Crippen LogP contribution in [0, 0.1) is 15.3 Å². The van der Waals surface area contributed by atoms with E-state index in [-0.39, 0.29) is 18.1 Å². The van der Waals surface area contributed by atoms with Gasteiger partial charge in [-0.1, -0.05) is 0 Å². The van der Waals surface area contributed by atoms with Gasteiger partial charge in [-0.25, -0.2) is 4.39 Å². The highest BCUT2D eigenvalue weighted by Crippen LogP contribution is 2.24. The van der Waals surface area contributed by atoms with E-state index in [1.807, 2.05) is 22.6 Å². The number of nitrogens with zero attached hydrogens (tertiary/aromatic N) is 1. The lowest BCUT2D eigenvalue weighted by Crippen LogP contribution is -2.38. The van der Waals surface area contributed by atoms with E-state index in [0.717, 1.165) is 12.8 Å². The lowest BCUT2D eigenvalue weighted by molar-refractivity contribution is -0.137. The number of carboxylic acid groups (broad SMARTS) is 1. The maximum absolute atomic E-state index is 13.1. The third-order valence-electron chi connectivity index (χ3n) is 3.83. The third kappa shape index (κ3) is 4.39. The number of hydrogen-bond donors (Lipinski definition) is 1. The first-order chi connectivity index (χ1) is 9.97. The summed E-state index contributed by atoms with van der Waals surface area (Å²) >= 11 is 1.97. The van der Waals surface area contributed by atoms with Crippen molar-refractivity contribution < 1.29 is 19.1 Å². The highest BCUT2D eigenvalue weighted by molar-refractivity contribution is 14.1. The number of carbonyl (C=O) groups excluding carboxylic acids is 1. The number of rotatable bonds is 4. The first-order valence-corrected chi connectivity index (χ1v) is 8.01. The van der Waals surface area contributed by atoms with Crippen LogP contribution < -0.4 is 0 Å². The molecule has 1 aromatic carbocycles. The van der Waals surface area contributed by atoms with Crippen molar-refractivity contribution in [1.82, 2.24) is 4.90 Å². The van der Waals surface area contributed by atoms with Crippen LogP contribution in [-0.4, -0.2) is 35.0 Å². The van der Waals surface area contributed by atoms with Crippen LogP contribution in [-0.2, 0) is 4.79 Å². The summed E-state index contributed by atoms with van der Waals surface area (Å²) in [6.07, 6.45) is 2.52. The smallest absolute Gasteiger partial charge is 0.303 e. The Morgan fingerprint density at radius 1 is 1.33 bits per heavy atom. The highest BCUT2D eigenvalue weighted by atomic mass is 127. The van der Waals surface area contributed by atoms with Gasteiger partial charge in [0.1, 0.15) is 5.82 Å². The molecular formula is C15H17FINO3. The van der Waals surface area contributed by atoms with Gasteiger partial charge in [-0.3, -0.25) is 9.59 Å². The molecule has 0 aromatic heterocycles. The van der Waals surface area contributed by atoms with Crippen molar-refractivity contribution in [3.05, 3.63) is 33.1 Å². The van der Waals surface area contributed by atoms with Crippen molar-refractivity contribution in [2.45, 2.75) is 25.7 Å². The first kappa shape index (κ1) is 16.2. The van der Waals surface area contributed by atoms with E-state index < -0.39 is 5.97 Å². The molecule has 1 aliphatic rings. The van der Waals surface area contributed by atoms with E-state index in [4.69, 9.17) is 5.11 Å². The molecule has 1 aromatic rings. The fourth-order valence-electron chi connectivity index (χ4n) is 2.59. The lowest BCUT2D eigenvalue weighted by Gasteiger charge is -2.32. The number of benzene rings is 1. The molecule has 1 aliphatic heterocycles. The number of carbonyl (C=O) groups is 2. The topological polar surface area (TPSA) is 57.6 Å². The molecule has 0 radical (unpaired) electrons. The van der Waals surface area contributed by atoms with Crippen LogP contribution in [0.1, 0.15) is 36.0 Å². The first-order valence-electron chi connectivity index (χ1n) is 6.93. The second kappa shape index (κ2) is 7.20. The van der Waals surface area contributed by atoms with Gasteiger partial charge in [-0.05, 0) is 66.0 Å². The molecule has 0 aliphatic carbocycles. The van der Waals surface area contributed by atoms with Crippen LogP contribution in [0.5, 0.6) is 0 Å². The normalized spacial score (nSPS) is 16.0. The number of hydrogen-bond acceptors (Lipinski definition) is 2. The molecule has 1 amide bonds. The van der Waals surface area contributed by atoms with Crippen LogP contribution in [0.4, 0.5) is 4.39 Å². The molecule has 0 bridgehead atoms. The zero-order valence-electron chi connectivity index (χ0n) is 11.5. The molecule has 0 atom stereocenters. The zero-order chi connectivity index (χ0) is 15.4. The van der Waals surface area contributed by atoms with Gasteiger partial charge in [0.15, 0.2) is 0 Å². The van der Waals surface area contributed by atoms with Crippen LogP contribution in [0.2, 0.25) is 0 Å². The van der Waals surface area contributed by atoms with Crippen LogP contribution in [0.3, 0.4) is 0 Å². The standard InChI is InChI=1S/C15H17FINO3/c16-11-2-3-12(13(17)9-11)15(21)18-7-5-10(6-8-18)1-4-14(19)20/h2-3,9-10H,1,4-8H2,(H,19,20). The van der Waals surface area contributed by atoms with E-state index in [1.165, 1.54) is 18.2 Å². The molecule has 0 spiro atoms. The Bertz CT molecular complexity index is 542. The number of amides is 1. The number of likely N-dealkylation sites (tertiary alicyclic amines) is 1. The van der Waals surface area contributed by atoms with Crippen LogP contribution >= 0.6 is 22.6 Å². The number of piperidine rings is 1. The van der Waals surface area contributed by atoms with Crippen molar-refractivity contribution in [2.24, 2.45) is 5.92 Å². The maximum Gasteiger partial charge on any atom is 0.303 e. The molecule has 1 saturated heterocycles. The summed E-state index contributed by atoms with van der Waals surface area (Å²) in [7, 11) is 0. The maximum atomic E-state index is 13.1. The van der Waals surface area contributed by atoms with Crippen LogP contribution in [0.25, 0.3) is 0 Å². The minimum atomic E-state index is -0.769. The largest absolute Gasteiger partial charge is 0.481 e. The Morgan fingerprint density at radius 3 is 2.57 bits per heavy atom. The third-order valence-corrected chi connectivity index (χ3v) is 4.72. The number of aliphatic carboxylic acids is 1. The summed E-state index contributed by atoms with van der Waals surface area (Å²) in [4.78, 5) is 24.7. The monoisotopic (exact) mass is 405 g/mol. The molecule has 1 N–H and O–H groups in total. The minimum Gasteiger partial charge on any atom is -0.481 e. The van der Waals surface area contributed by atoms with Gasteiger partial charge in [-0.15, -0.1) is 0 Å². The summed E-state index contributed by atoms with van der Waals surface area (Å²) in [5.74, 6) is -0.814. The summed E-state index contributed by atoms with van der Waals surface area (Å²) in [6, 6.07) is 4.18. The Kier molecular flexibility index (Phi) is 5.55. The van der Waals surface area contributed by atoms with E-state index in [2.05, 4.69) is 0 Å². The molecular weight excluding hydrogens is 388 g/mol. The Labute approximate surface area is 136 Å². The minimum absolute atomic E-state index is 0.0731. The molecule has 4 nitrogen and oxygen atoms in total. The van der Waals surface area contributed by atoms with Crippen molar-refractivity contribution in [2.75, 3.05) is 13.1 Å². The molecule has 21 heavy (non-hydrogen) atoms. The van der Waals surface area contributed by atoms with Crippen molar-refractivity contribution >= 4 is 34.5 Å². The predicted molar refractivity (Wildman–Crippen MR) is 84.6 cm³/mol. The van der Waals surface area contributed by atoms with Gasteiger partial charge >= 0.3 is 5.97 Å². The average molecular weight is 405 g/mol. The van der Waals surface area contributed by atoms with Crippen molar-refractivity contribution in [1.29, 1.82) is 0 Å². The summed E-state index contributed by atoms with van der Waals surface area (Å²) in [5.41, 5.74) is 0.529. The highest BCUT2D eigenvalue weighted by Gasteiger charge is 2.25. The molecule has 0 unspecified atom stereocenters. The Morgan fingerprint density at radius 2 is 2.00 bits per heavy atom. The quantitative estimate of drug-likeness (QED) is 0.784. The summed E-state index contributed by atoms with van der Waals surface area (Å²) in [6.45, 7) is 1.27. The van der Waals surface area contributed by atoms with E-state index >= 15 is 0 Å². The van der Waals surface area contributed by atoms with Crippen LogP contribution in [0.15, 0.2) is 18.2 Å². The van der Waals surface area contributed by atoms with Gasteiger partial charge < -0.3 is 10.0 Å². The Balaban J connectivity index is 1.92. The van der Waals surface area contributed by atoms with Gasteiger partial charge in [0.25, 0.3) is 5.91 Å². The van der Waals surface area contributed by atoms with Gasteiger partial charge in [0.2, 0.25) is 0 Å². The molecule has 0 saturated carbocycles. The van der Waals surface area contributed by atoms with Gasteiger partial charge in [0, 0.05) is 23.1 Å². The van der Waals surface area contributed by atoms with E-state index in [9.17, 15) is 14.0 Å². The molecule has 1 heterocycles. The van der Waals surface area contributed by atoms with Gasteiger partial charge in [0.05, 0.1) is 5.56 Å². The zero-order valence-corrected chi connectivity index (χ0v) is 13.7. The van der Waals surface area contributed by atoms with Gasteiger partial charge in [-0.2, -0.15) is 0 Å². The van der Waals surface area contributed by atoms with Crippen molar-refractivity contribution in [3.63, 3.8) is 0 Å². The molecule has 114 valence electrons. The van der Waals surface area contributed by atoms with Crippen molar-refractivity contribution in [3.8, 4) is 0 Å². The number of halogens is 2. The second-order valence-corrected chi connectivity index (χ2v) is 6.45. The lowest BCUT2D eigenvalue weighted by atomic mass is 9.92. The fraction of sp³-hybridized carbons (Fsp3) is 0.467. The van der Waals surface area contributed by atoms with E-state index in [0.29, 0.717) is 34.6 Å². The van der Waals surface area contributed by atoms with E-state index in [1.54, 1.807) is 4.90 Å². The summed E-state index contributed by atoms with van der Waals surface area (Å²) in [5, 5.41) is 8.69. The molecule has 6 heteroatoms. The summed E-state index contributed by atoms with van der Waals surface area (Å²) < 4.78 is 13.7. The number of carboxylic acids is 1. The Hall–Kier alpha value is -1.18. The molecule has 1 fully saturated rings. The average Bonchev–Trinajstić information content (AvgIpc) is 2.45. The fourth-order valence-corrected chi connectivity index (χ4v) is 3.29. The SMILES string of the molecule is O=C(O)CCC1CCN(C(=O)c2ccc(F)cc2I)CC1.